The quantitative estimate of drug-likeness (QED) is 0.247. The van der Waals surface area contributed by atoms with Gasteiger partial charge in [0.1, 0.15) is 6.04 Å². The Morgan fingerprint density at radius 1 is 1.18 bits per heavy atom. The number of nitrogens with one attached hydrogen (secondary N) is 3. The van der Waals surface area contributed by atoms with Gasteiger partial charge in [-0.3, -0.25) is 24.7 Å². The number of H-pyrrole nitrogens is 1. The van der Waals surface area contributed by atoms with Gasteiger partial charge in [0.05, 0.1) is 38.5 Å². The number of anilines is 2. The minimum Gasteiger partial charge on any atom is -0.467 e. The Hall–Kier alpha value is -3.70. The predicted octanol–water partition coefficient (Wildman–Crippen LogP) is 3.81. The number of nitro groups is 1. The summed E-state index contributed by atoms with van der Waals surface area (Å²) in [7, 11) is 1.18. The van der Waals surface area contributed by atoms with Crippen molar-refractivity contribution in [2.45, 2.75) is 19.9 Å². The molecule has 1 atom stereocenters. The molecule has 11 nitrogen and oxygen atoms in total. The average molecular weight is 508 g/mol. The SMILES string of the molecule is COC(=O)[C@H](NC(=O)c1cc([N+](=O)[O-])cc2c(=O)[nH]c(Nc3ccc(Cl)c(Cl)c3)nc12)C(C)C. The monoisotopic (exact) mass is 507 g/mol. The Labute approximate surface area is 202 Å². The number of carbonyl (C=O) groups excluding carboxylic acids is 2. The van der Waals surface area contributed by atoms with Crippen LogP contribution >= 0.6 is 23.2 Å². The second-order valence-corrected chi connectivity index (χ2v) is 8.35. The van der Waals surface area contributed by atoms with Crippen LogP contribution in [0, 0.1) is 16.0 Å². The molecule has 1 aromatic heterocycles. The van der Waals surface area contributed by atoms with Gasteiger partial charge in [-0.25, -0.2) is 9.78 Å². The van der Waals surface area contributed by atoms with Gasteiger partial charge in [-0.1, -0.05) is 37.0 Å². The van der Waals surface area contributed by atoms with Crippen LogP contribution in [-0.4, -0.2) is 39.9 Å². The summed E-state index contributed by atoms with van der Waals surface area (Å²) < 4.78 is 4.72. The van der Waals surface area contributed by atoms with Crippen LogP contribution in [0.25, 0.3) is 10.9 Å². The Morgan fingerprint density at radius 3 is 2.47 bits per heavy atom. The van der Waals surface area contributed by atoms with Gasteiger partial charge in [0, 0.05) is 17.8 Å². The van der Waals surface area contributed by atoms with Gasteiger partial charge in [0.2, 0.25) is 5.95 Å². The van der Waals surface area contributed by atoms with Crippen LogP contribution in [-0.2, 0) is 9.53 Å². The first-order valence-corrected chi connectivity index (χ1v) is 10.6. The lowest BCUT2D eigenvalue weighted by Gasteiger charge is -2.20. The zero-order chi connectivity index (χ0) is 25.2. The number of aromatic amines is 1. The standard InChI is InChI=1S/C21H19Cl2N5O6/c1-9(2)16(20(31)34-3)25-18(29)12-7-11(28(32)33)8-13-17(12)26-21(27-19(13)30)24-10-4-5-14(22)15(23)6-10/h4-9,16H,1-3H3,(H,25,29)(H2,24,26,27,30)/t16-/m1/s1. The van der Waals surface area contributed by atoms with Gasteiger partial charge in [0.25, 0.3) is 17.2 Å². The molecule has 0 saturated heterocycles. The number of amides is 1. The van der Waals surface area contributed by atoms with E-state index in [2.05, 4.69) is 20.6 Å². The summed E-state index contributed by atoms with van der Waals surface area (Å²) >= 11 is 11.9. The largest absolute Gasteiger partial charge is 0.467 e. The number of hydrogen-bond donors (Lipinski definition) is 3. The Bertz CT molecular complexity index is 1360. The third-order valence-electron chi connectivity index (χ3n) is 4.84. The molecule has 178 valence electrons. The molecule has 0 unspecified atom stereocenters. The first-order valence-electron chi connectivity index (χ1n) is 9.85. The van der Waals surface area contributed by atoms with Gasteiger partial charge in [-0.2, -0.15) is 0 Å². The van der Waals surface area contributed by atoms with Gasteiger partial charge in [0.15, 0.2) is 0 Å². The number of hydrogen-bond acceptors (Lipinski definition) is 8. The highest BCUT2D eigenvalue weighted by Gasteiger charge is 2.28. The zero-order valence-corrected chi connectivity index (χ0v) is 19.7. The molecule has 0 aliphatic carbocycles. The third kappa shape index (κ3) is 5.26. The highest BCUT2D eigenvalue weighted by Crippen LogP contribution is 2.27. The first kappa shape index (κ1) is 24.9. The van der Waals surface area contributed by atoms with Crippen molar-refractivity contribution in [2.24, 2.45) is 5.92 Å². The Morgan fingerprint density at radius 2 is 1.88 bits per heavy atom. The van der Waals surface area contributed by atoms with Crippen molar-refractivity contribution < 1.29 is 19.2 Å². The van der Waals surface area contributed by atoms with E-state index >= 15 is 0 Å². The van der Waals surface area contributed by atoms with E-state index in [0.717, 1.165) is 12.1 Å². The average Bonchev–Trinajstić information content (AvgIpc) is 2.78. The van der Waals surface area contributed by atoms with Crippen molar-refractivity contribution in [3.05, 3.63) is 66.4 Å². The summed E-state index contributed by atoms with van der Waals surface area (Å²) in [6, 6.07) is 5.60. The van der Waals surface area contributed by atoms with E-state index in [-0.39, 0.29) is 33.4 Å². The van der Waals surface area contributed by atoms with Gasteiger partial charge >= 0.3 is 5.97 Å². The number of aromatic nitrogens is 2. The molecule has 34 heavy (non-hydrogen) atoms. The minimum absolute atomic E-state index is 0.0489. The van der Waals surface area contributed by atoms with E-state index in [0.29, 0.717) is 10.7 Å². The number of rotatable bonds is 7. The van der Waals surface area contributed by atoms with Crippen molar-refractivity contribution in [2.75, 3.05) is 12.4 Å². The number of ether oxygens (including phenoxy) is 1. The number of benzene rings is 2. The molecule has 1 amide bonds. The third-order valence-corrected chi connectivity index (χ3v) is 5.58. The summed E-state index contributed by atoms with van der Waals surface area (Å²) in [5.74, 6) is -1.92. The van der Waals surface area contributed by atoms with E-state index < -0.39 is 34.1 Å². The van der Waals surface area contributed by atoms with Crippen molar-refractivity contribution in [3.8, 4) is 0 Å². The molecule has 3 aromatic rings. The van der Waals surface area contributed by atoms with Crippen molar-refractivity contribution in [1.82, 2.24) is 15.3 Å². The van der Waals surface area contributed by atoms with Crippen molar-refractivity contribution in [1.29, 1.82) is 0 Å². The van der Waals surface area contributed by atoms with Crippen molar-refractivity contribution in [3.63, 3.8) is 0 Å². The van der Waals surface area contributed by atoms with Crippen LogP contribution in [0.3, 0.4) is 0 Å². The van der Waals surface area contributed by atoms with Crippen LogP contribution in [0.2, 0.25) is 10.0 Å². The molecule has 0 fully saturated rings. The molecular weight excluding hydrogens is 489 g/mol. The van der Waals surface area contributed by atoms with E-state index in [9.17, 15) is 24.5 Å². The second-order valence-electron chi connectivity index (χ2n) is 7.53. The maximum Gasteiger partial charge on any atom is 0.328 e. The molecular formula is C21H19Cl2N5O6. The number of methoxy groups -OCH3 is 1. The Balaban J connectivity index is 2.13. The molecule has 3 N–H and O–H groups in total. The van der Waals surface area contributed by atoms with Crippen LogP contribution in [0.1, 0.15) is 24.2 Å². The van der Waals surface area contributed by atoms with Crippen LogP contribution < -0.4 is 16.2 Å². The molecule has 0 saturated carbocycles. The molecule has 0 aliphatic heterocycles. The summed E-state index contributed by atoms with van der Waals surface area (Å²) in [6.45, 7) is 3.38. The van der Waals surface area contributed by atoms with Crippen LogP contribution in [0.5, 0.6) is 0 Å². The molecule has 3 rings (SSSR count). The summed E-state index contributed by atoms with van der Waals surface area (Å²) in [5.41, 5.74) is -1.15. The normalized spacial score (nSPS) is 11.8. The fourth-order valence-corrected chi connectivity index (χ4v) is 3.42. The first-order chi connectivity index (χ1) is 16.0. The highest BCUT2D eigenvalue weighted by molar-refractivity contribution is 6.42. The number of esters is 1. The fourth-order valence-electron chi connectivity index (χ4n) is 3.12. The number of carbonyl (C=O) groups is 2. The molecule has 0 bridgehead atoms. The van der Waals surface area contributed by atoms with E-state index in [1.165, 1.54) is 19.2 Å². The van der Waals surface area contributed by atoms with Gasteiger partial charge < -0.3 is 15.4 Å². The smallest absolute Gasteiger partial charge is 0.328 e. The summed E-state index contributed by atoms with van der Waals surface area (Å²) in [6.07, 6.45) is 0. The fraction of sp³-hybridized carbons (Fsp3) is 0.238. The molecule has 13 heteroatoms. The maximum absolute atomic E-state index is 13.1. The Kier molecular flexibility index (Phi) is 7.38. The summed E-state index contributed by atoms with van der Waals surface area (Å²) in [5, 5.41) is 17.2. The van der Waals surface area contributed by atoms with Gasteiger partial charge in [-0.15, -0.1) is 0 Å². The van der Waals surface area contributed by atoms with E-state index in [1.807, 2.05) is 0 Å². The van der Waals surface area contributed by atoms with Crippen molar-refractivity contribution >= 4 is 63.3 Å². The lowest BCUT2D eigenvalue weighted by molar-refractivity contribution is -0.384. The lowest BCUT2D eigenvalue weighted by atomic mass is 10.0. The summed E-state index contributed by atoms with van der Waals surface area (Å²) in [4.78, 5) is 55.3. The van der Waals surface area contributed by atoms with E-state index in [4.69, 9.17) is 27.9 Å². The molecule has 0 aliphatic rings. The van der Waals surface area contributed by atoms with Crippen LogP contribution in [0.4, 0.5) is 17.3 Å². The minimum atomic E-state index is -1.03. The number of halogens is 2. The number of nitro benzene ring substituents is 1. The number of nitrogens with zero attached hydrogens (tertiary/aromatic N) is 2. The molecule has 0 radical (unpaired) electrons. The van der Waals surface area contributed by atoms with Crippen LogP contribution in [0.15, 0.2) is 35.1 Å². The molecule has 2 aromatic carbocycles. The maximum atomic E-state index is 13.1. The predicted molar refractivity (Wildman–Crippen MR) is 127 cm³/mol. The zero-order valence-electron chi connectivity index (χ0n) is 18.1. The van der Waals surface area contributed by atoms with E-state index in [1.54, 1.807) is 19.9 Å². The number of non-ortho nitro benzene ring substituents is 1. The molecule has 1 heterocycles. The second kappa shape index (κ2) is 10.1. The molecule has 0 spiro atoms. The topological polar surface area (TPSA) is 156 Å². The highest BCUT2D eigenvalue weighted by atomic mass is 35.5. The lowest BCUT2D eigenvalue weighted by Crippen LogP contribution is -2.45. The number of fused-ring (bicyclic) bond motifs is 1. The van der Waals surface area contributed by atoms with Gasteiger partial charge in [-0.05, 0) is 24.1 Å².